The molecule has 0 unspecified atom stereocenters. The monoisotopic (exact) mass is 364 g/mol. The van der Waals surface area contributed by atoms with E-state index >= 15 is 0 Å². The molecule has 2 aromatic rings. The van der Waals surface area contributed by atoms with Crippen molar-refractivity contribution in [3.63, 3.8) is 0 Å². The van der Waals surface area contributed by atoms with Gasteiger partial charge in [-0.2, -0.15) is 0 Å². The zero-order valence-corrected chi connectivity index (χ0v) is 14.0. The van der Waals surface area contributed by atoms with Crippen molar-refractivity contribution in [1.82, 2.24) is 19.5 Å². The number of esters is 2. The normalized spacial score (nSPS) is 25.5. The van der Waals surface area contributed by atoms with Crippen LogP contribution < -0.4 is 0 Å². The van der Waals surface area contributed by atoms with E-state index in [-0.39, 0.29) is 5.15 Å². The summed E-state index contributed by atoms with van der Waals surface area (Å²) in [6, 6.07) is 0. The van der Waals surface area contributed by atoms with Crippen LogP contribution in [0.25, 0.3) is 11.2 Å². The van der Waals surface area contributed by atoms with Gasteiger partial charge in [0.25, 0.3) is 0 Å². The van der Waals surface area contributed by atoms with E-state index in [1.807, 2.05) is 0 Å². The van der Waals surface area contributed by atoms with Crippen LogP contribution in [0.15, 0.2) is 12.7 Å². The van der Waals surface area contributed by atoms with Gasteiger partial charge >= 0.3 is 11.9 Å². The molecule has 0 N–H and O–H groups in total. The topological polar surface area (TPSA) is 105 Å². The minimum atomic E-state index is -0.978. The molecular weight excluding hydrogens is 352 g/mol. The van der Waals surface area contributed by atoms with Crippen molar-refractivity contribution in [1.29, 1.82) is 0 Å². The van der Waals surface area contributed by atoms with Crippen LogP contribution in [0.5, 0.6) is 0 Å². The van der Waals surface area contributed by atoms with Gasteiger partial charge in [0.2, 0.25) is 0 Å². The highest BCUT2D eigenvalue weighted by molar-refractivity contribution is 6.33. The number of terminal acetylenes is 1. The Balaban J connectivity index is 2.06. The van der Waals surface area contributed by atoms with Crippen molar-refractivity contribution in [2.24, 2.45) is 0 Å². The van der Waals surface area contributed by atoms with Crippen LogP contribution in [-0.4, -0.2) is 49.8 Å². The number of carbonyl (C=O) groups is 2. The third-order valence-electron chi connectivity index (χ3n) is 3.55. The first-order valence-corrected chi connectivity index (χ1v) is 7.59. The van der Waals surface area contributed by atoms with Crippen molar-refractivity contribution in [2.45, 2.75) is 38.4 Å². The molecule has 130 valence electrons. The summed E-state index contributed by atoms with van der Waals surface area (Å²) < 4.78 is 17.8. The van der Waals surface area contributed by atoms with Crippen molar-refractivity contribution >= 4 is 34.7 Å². The first-order chi connectivity index (χ1) is 11.9. The lowest BCUT2D eigenvalue weighted by Gasteiger charge is -2.23. The Hall–Kier alpha value is -2.70. The molecule has 3 rings (SSSR count). The molecule has 25 heavy (non-hydrogen) atoms. The van der Waals surface area contributed by atoms with Crippen LogP contribution in [0.2, 0.25) is 5.15 Å². The Bertz CT molecular complexity index is 876. The van der Waals surface area contributed by atoms with E-state index in [4.69, 9.17) is 32.2 Å². The molecule has 0 amide bonds. The summed E-state index contributed by atoms with van der Waals surface area (Å²) in [7, 11) is 0. The van der Waals surface area contributed by atoms with E-state index in [0.717, 1.165) is 0 Å². The Morgan fingerprint density at radius 3 is 2.56 bits per heavy atom. The van der Waals surface area contributed by atoms with Gasteiger partial charge in [0, 0.05) is 13.8 Å². The standard InChI is InChI=1S/C15H13ClN4O5/c1-4-9-11(23-7(2)21)12(24-8(3)22)15(25-9)20-6-19-10-13(16)17-5-18-14(10)20/h1,5-6,9,11-12,15H,2-3H3/t9-,11+,12-,15-/m1/s1. The lowest BCUT2D eigenvalue weighted by molar-refractivity contribution is -0.165. The highest BCUT2D eigenvalue weighted by Gasteiger charge is 2.50. The van der Waals surface area contributed by atoms with Gasteiger partial charge in [-0.3, -0.25) is 14.2 Å². The molecule has 10 heteroatoms. The molecule has 1 fully saturated rings. The van der Waals surface area contributed by atoms with Gasteiger partial charge in [-0.1, -0.05) is 17.5 Å². The molecule has 1 aliphatic rings. The number of hydrogen-bond acceptors (Lipinski definition) is 8. The van der Waals surface area contributed by atoms with Crippen LogP contribution in [0.1, 0.15) is 20.1 Å². The summed E-state index contributed by atoms with van der Waals surface area (Å²) in [4.78, 5) is 35.0. The lowest BCUT2D eigenvalue weighted by Crippen LogP contribution is -2.38. The number of rotatable bonds is 3. The lowest BCUT2D eigenvalue weighted by atomic mass is 10.1. The van der Waals surface area contributed by atoms with Crippen LogP contribution in [0, 0.1) is 12.3 Å². The molecular formula is C15H13ClN4O5. The van der Waals surface area contributed by atoms with Gasteiger partial charge < -0.3 is 14.2 Å². The number of imidazole rings is 1. The summed E-state index contributed by atoms with van der Waals surface area (Å²) in [5.41, 5.74) is 0.712. The van der Waals surface area contributed by atoms with E-state index in [9.17, 15) is 9.59 Å². The first-order valence-electron chi connectivity index (χ1n) is 7.21. The van der Waals surface area contributed by atoms with Gasteiger partial charge in [-0.05, 0) is 0 Å². The summed E-state index contributed by atoms with van der Waals surface area (Å²) >= 11 is 6.00. The fourth-order valence-electron chi connectivity index (χ4n) is 2.64. The van der Waals surface area contributed by atoms with Gasteiger partial charge in [-0.25, -0.2) is 15.0 Å². The second-order valence-corrected chi connectivity index (χ2v) is 5.61. The number of carbonyl (C=O) groups excluding carboxylic acids is 2. The number of hydrogen-bond donors (Lipinski definition) is 0. The third kappa shape index (κ3) is 3.14. The van der Waals surface area contributed by atoms with E-state index in [2.05, 4.69) is 20.9 Å². The SMILES string of the molecule is C#C[C@H]1O[C@@H](n2cnc3c(Cl)ncnc32)[C@H](OC(C)=O)[C@H]1OC(C)=O. The zero-order valence-electron chi connectivity index (χ0n) is 13.2. The molecule has 9 nitrogen and oxygen atoms in total. The average Bonchev–Trinajstić information content (AvgIpc) is 3.10. The van der Waals surface area contributed by atoms with Gasteiger partial charge in [0.05, 0.1) is 6.33 Å². The highest BCUT2D eigenvalue weighted by Crippen LogP contribution is 2.35. The molecule has 0 saturated carbocycles. The molecule has 0 spiro atoms. The predicted octanol–water partition coefficient (Wildman–Crippen LogP) is 0.874. The summed E-state index contributed by atoms with van der Waals surface area (Å²) in [5.74, 6) is 1.24. The molecule has 4 atom stereocenters. The van der Waals surface area contributed by atoms with Crippen molar-refractivity contribution in [3.05, 3.63) is 17.8 Å². The first kappa shape index (κ1) is 17.1. The number of fused-ring (bicyclic) bond motifs is 1. The maximum atomic E-state index is 11.5. The molecule has 0 radical (unpaired) electrons. The van der Waals surface area contributed by atoms with Crippen molar-refractivity contribution < 1.29 is 23.8 Å². The zero-order chi connectivity index (χ0) is 18.1. The fourth-order valence-corrected chi connectivity index (χ4v) is 2.82. The summed E-state index contributed by atoms with van der Waals surface area (Å²) in [5, 5.41) is 0.163. The Morgan fingerprint density at radius 2 is 1.92 bits per heavy atom. The van der Waals surface area contributed by atoms with Crippen molar-refractivity contribution in [3.8, 4) is 12.3 Å². The van der Waals surface area contributed by atoms with Gasteiger partial charge in [0.1, 0.15) is 11.8 Å². The fraction of sp³-hybridized carbons (Fsp3) is 0.400. The third-order valence-corrected chi connectivity index (χ3v) is 3.82. The molecule has 2 aromatic heterocycles. The average molecular weight is 365 g/mol. The molecule has 0 aromatic carbocycles. The quantitative estimate of drug-likeness (QED) is 0.449. The Kier molecular flexibility index (Phi) is 4.57. The number of halogens is 1. The van der Waals surface area contributed by atoms with E-state index in [1.165, 1.54) is 31.1 Å². The Labute approximate surface area is 147 Å². The number of ether oxygens (including phenoxy) is 3. The molecule has 3 heterocycles. The van der Waals surface area contributed by atoms with Crippen LogP contribution in [-0.2, 0) is 23.8 Å². The maximum absolute atomic E-state index is 11.5. The second-order valence-electron chi connectivity index (χ2n) is 5.25. The predicted molar refractivity (Wildman–Crippen MR) is 84.2 cm³/mol. The second kappa shape index (κ2) is 6.66. The maximum Gasteiger partial charge on any atom is 0.303 e. The molecule has 0 bridgehead atoms. The van der Waals surface area contributed by atoms with E-state index in [1.54, 1.807) is 0 Å². The number of nitrogens with zero attached hydrogens (tertiary/aromatic N) is 4. The molecule has 1 saturated heterocycles. The van der Waals surface area contributed by atoms with E-state index < -0.39 is 36.5 Å². The summed E-state index contributed by atoms with van der Waals surface area (Å²) in [6.07, 6.45) is 4.39. The largest absolute Gasteiger partial charge is 0.455 e. The van der Waals surface area contributed by atoms with Crippen LogP contribution in [0.4, 0.5) is 0 Å². The number of aromatic nitrogens is 4. The van der Waals surface area contributed by atoms with Crippen LogP contribution in [0.3, 0.4) is 0 Å². The van der Waals surface area contributed by atoms with Gasteiger partial charge in [-0.15, -0.1) is 6.42 Å². The summed E-state index contributed by atoms with van der Waals surface area (Å²) in [6.45, 7) is 2.46. The van der Waals surface area contributed by atoms with Crippen LogP contribution >= 0.6 is 11.6 Å². The van der Waals surface area contributed by atoms with Gasteiger partial charge in [0.15, 0.2) is 35.3 Å². The minimum Gasteiger partial charge on any atom is -0.455 e. The Morgan fingerprint density at radius 1 is 1.24 bits per heavy atom. The molecule has 1 aliphatic heterocycles. The highest BCUT2D eigenvalue weighted by atomic mass is 35.5. The smallest absolute Gasteiger partial charge is 0.303 e. The molecule has 0 aliphatic carbocycles. The van der Waals surface area contributed by atoms with E-state index in [0.29, 0.717) is 11.2 Å². The minimum absolute atomic E-state index is 0.163. The van der Waals surface area contributed by atoms with Crippen molar-refractivity contribution in [2.75, 3.05) is 0 Å².